The van der Waals surface area contributed by atoms with Crippen LogP contribution in [0.1, 0.15) is 20.7 Å². The van der Waals surface area contributed by atoms with E-state index < -0.39 is 17.9 Å². The van der Waals surface area contributed by atoms with Crippen molar-refractivity contribution in [2.75, 3.05) is 0 Å². The Morgan fingerprint density at radius 1 is 0.762 bits per heavy atom. The summed E-state index contributed by atoms with van der Waals surface area (Å²) in [5, 5.41) is -0.957. The van der Waals surface area contributed by atoms with Gasteiger partial charge in [-0.05, 0) is 71.7 Å². The molecule has 0 fully saturated rings. The molecule has 21 heavy (non-hydrogen) atoms. The molecule has 0 bridgehead atoms. The lowest BCUT2D eigenvalue weighted by Crippen LogP contribution is -2.16. The van der Waals surface area contributed by atoms with E-state index >= 15 is 0 Å². The predicted octanol–water partition coefficient (Wildman–Crippen LogP) is 2.67. The van der Waals surface area contributed by atoms with Gasteiger partial charge in [-0.3, -0.25) is 14.2 Å². The Morgan fingerprint density at radius 2 is 1.05 bits per heavy atom. The average Bonchev–Trinajstić information content (AvgIpc) is 2.47. The van der Waals surface area contributed by atoms with Crippen LogP contribution in [0.4, 0.5) is 0 Å². The van der Waals surface area contributed by atoms with E-state index in [0.717, 1.165) is 0 Å². The SMILES string of the molecule is O=C(Cl)c1ccc(P(=O)(O)c2ccc(C(=O)Cl)cc2)cc1. The zero-order valence-corrected chi connectivity index (χ0v) is 12.9. The number of carbonyl (C=O) groups is 2. The van der Waals surface area contributed by atoms with Crippen molar-refractivity contribution in [2.24, 2.45) is 0 Å². The van der Waals surface area contributed by atoms with Crippen LogP contribution < -0.4 is 10.6 Å². The van der Waals surface area contributed by atoms with Crippen LogP contribution in [0.5, 0.6) is 0 Å². The van der Waals surface area contributed by atoms with Crippen molar-refractivity contribution in [3.05, 3.63) is 59.7 Å². The number of halogens is 2. The van der Waals surface area contributed by atoms with Crippen LogP contribution in [0.15, 0.2) is 48.5 Å². The van der Waals surface area contributed by atoms with Crippen molar-refractivity contribution in [1.29, 1.82) is 0 Å². The third-order valence-electron chi connectivity index (χ3n) is 2.89. The van der Waals surface area contributed by atoms with Crippen molar-refractivity contribution in [3.63, 3.8) is 0 Å². The first-order valence-electron chi connectivity index (χ1n) is 5.76. The molecule has 0 spiro atoms. The summed E-state index contributed by atoms with van der Waals surface area (Å²) < 4.78 is 12.5. The second kappa shape index (κ2) is 6.12. The zero-order valence-electron chi connectivity index (χ0n) is 10.5. The number of hydrogen-bond acceptors (Lipinski definition) is 3. The van der Waals surface area contributed by atoms with E-state index in [1.165, 1.54) is 48.5 Å². The molecule has 0 heterocycles. The van der Waals surface area contributed by atoms with E-state index in [1.807, 2.05) is 0 Å². The highest BCUT2D eigenvalue weighted by molar-refractivity contribution is 7.73. The van der Waals surface area contributed by atoms with Crippen LogP contribution in [-0.4, -0.2) is 15.4 Å². The van der Waals surface area contributed by atoms with Crippen LogP contribution in [0.25, 0.3) is 0 Å². The number of benzene rings is 2. The van der Waals surface area contributed by atoms with E-state index in [4.69, 9.17) is 23.2 Å². The largest absolute Gasteiger partial charge is 0.338 e. The van der Waals surface area contributed by atoms with Crippen molar-refractivity contribution in [2.45, 2.75) is 0 Å². The molecule has 0 aliphatic rings. The maximum atomic E-state index is 12.5. The third kappa shape index (κ3) is 3.42. The van der Waals surface area contributed by atoms with Gasteiger partial charge in [-0.2, -0.15) is 0 Å². The molecular formula is C14H9Cl2O4P. The monoisotopic (exact) mass is 342 g/mol. The van der Waals surface area contributed by atoms with Crippen molar-refractivity contribution in [1.82, 2.24) is 0 Å². The summed E-state index contributed by atoms with van der Waals surface area (Å²) in [6.07, 6.45) is 0. The summed E-state index contributed by atoms with van der Waals surface area (Å²) in [6.45, 7) is 0. The van der Waals surface area contributed by atoms with E-state index in [9.17, 15) is 19.0 Å². The summed E-state index contributed by atoms with van der Waals surface area (Å²) in [6, 6.07) is 11.0. The van der Waals surface area contributed by atoms with Gasteiger partial charge in [-0.1, -0.05) is 0 Å². The van der Waals surface area contributed by atoms with E-state index in [0.29, 0.717) is 0 Å². The summed E-state index contributed by atoms with van der Waals surface area (Å²) in [5.74, 6) is 0. The van der Waals surface area contributed by atoms with Gasteiger partial charge in [0.25, 0.3) is 17.9 Å². The Balaban J connectivity index is 2.38. The summed E-state index contributed by atoms with van der Waals surface area (Å²) in [5.41, 5.74) is 0.479. The van der Waals surface area contributed by atoms with Crippen LogP contribution >= 0.6 is 30.6 Å². The topological polar surface area (TPSA) is 71.4 Å². The minimum atomic E-state index is -3.81. The molecule has 2 rings (SSSR count). The standard InChI is InChI=1S/C14H9Cl2O4P/c15-13(17)9-1-5-11(6-2-9)21(19,20)12-7-3-10(4-8-12)14(16)18/h1-8H,(H,19,20). The van der Waals surface area contributed by atoms with Gasteiger partial charge in [-0.15, -0.1) is 0 Å². The molecule has 0 saturated carbocycles. The molecule has 7 heteroatoms. The maximum absolute atomic E-state index is 12.5. The molecule has 0 aliphatic heterocycles. The van der Waals surface area contributed by atoms with Gasteiger partial charge in [0.1, 0.15) is 0 Å². The normalized spacial score (nSPS) is 11.2. The maximum Gasteiger partial charge on any atom is 0.258 e. The molecule has 4 nitrogen and oxygen atoms in total. The highest BCUT2D eigenvalue weighted by atomic mass is 35.5. The zero-order chi connectivity index (χ0) is 15.6. The first-order chi connectivity index (χ1) is 9.82. The fourth-order valence-corrected chi connectivity index (χ4v) is 3.39. The first kappa shape index (κ1) is 15.9. The van der Waals surface area contributed by atoms with Crippen LogP contribution in [0.2, 0.25) is 0 Å². The van der Waals surface area contributed by atoms with Gasteiger partial charge in [0, 0.05) is 21.7 Å². The molecule has 1 N–H and O–H groups in total. The number of hydrogen-bond donors (Lipinski definition) is 1. The summed E-state index contributed by atoms with van der Waals surface area (Å²) in [4.78, 5) is 32.2. The first-order valence-corrected chi connectivity index (χ1v) is 8.17. The van der Waals surface area contributed by atoms with E-state index in [2.05, 4.69) is 0 Å². The quantitative estimate of drug-likeness (QED) is 0.684. The summed E-state index contributed by atoms with van der Waals surface area (Å²) >= 11 is 10.6. The third-order valence-corrected chi connectivity index (χ3v) is 5.32. The lowest BCUT2D eigenvalue weighted by atomic mass is 10.2. The molecule has 0 radical (unpaired) electrons. The van der Waals surface area contributed by atoms with Crippen molar-refractivity contribution < 1.29 is 19.0 Å². The summed E-state index contributed by atoms with van der Waals surface area (Å²) in [7, 11) is -3.81. The lowest BCUT2D eigenvalue weighted by molar-refractivity contribution is 0.107. The average molecular weight is 343 g/mol. The Kier molecular flexibility index (Phi) is 4.64. The van der Waals surface area contributed by atoms with Gasteiger partial charge >= 0.3 is 0 Å². The highest BCUT2D eigenvalue weighted by Crippen LogP contribution is 2.38. The van der Waals surface area contributed by atoms with Gasteiger partial charge in [0.15, 0.2) is 0 Å². The molecule has 0 saturated heterocycles. The van der Waals surface area contributed by atoms with Gasteiger partial charge in [-0.25, -0.2) is 0 Å². The minimum absolute atomic E-state index is 0.161. The second-order valence-electron chi connectivity index (χ2n) is 4.22. The van der Waals surface area contributed by atoms with E-state index in [1.54, 1.807) is 0 Å². The molecule has 108 valence electrons. The smallest absolute Gasteiger partial charge is 0.258 e. The fraction of sp³-hybridized carbons (Fsp3) is 0. The minimum Gasteiger partial charge on any atom is -0.338 e. The van der Waals surface area contributed by atoms with Crippen molar-refractivity contribution in [3.8, 4) is 0 Å². The highest BCUT2D eigenvalue weighted by Gasteiger charge is 2.24. The molecular weight excluding hydrogens is 334 g/mol. The van der Waals surface area contributed by atoms with E-state index in [-0.39, 0.29) is 21.7 Å². The number of rotatable bonds is 4. The van der Waals surface area contributed by atoms with Gasteiger partial charge in [0.05, 0.1) is 0 Å². The second-order valence-corrected chi connectivity index (χ2v) is 7.09. The van der Waals surface area contributed by atoms with Crippen LogP contribution in [0, 0.1) is 0 Å². The van der Waals surface area contributed by atoms with Crippen LogP contribution in [-0.2, 0) is 4.57 Å². The van der Waals surface area contributed by atoms with Gasteiger partial charge < -0.3 is 4.89 Å². The molecule has 0 aliphatic carbocycles. The lowest BCUT2D eigenvalue weighted by Gasteiger charge is -2.12. The molecule has 0 unspecified atom stereocenters. The molecule has 2 aromatic rings. The van der Waals surface area contributed by atoms with Crippen LogP contribution in [0.3, 0.4) is 0 Å². The van der Waals surface area contributed by atoms with Gasteiger partial charge in [0.2, 0.25) is 0 Å². The molecule has 0 atom stereocenters. The Hall–Kier alpha value is -1.45. The predicted molar refractivity (Wildman–Crippen MR) is 82.3 cm³/mol. The van der Waals surface area contributed by atoms with Crippen molar-refractivity contribution >= 4 is 51.7 Å². The Morgan fingerprint density at radius 3 is 1.29 bits per heavy atom. The molecule has 0 aromatic heterocycles. The molecule has 0 amide bonds. The number of carbonyl (C=O) groups excluding carboxylic acids is 2. The Labute approximate surface area is 130 Å². The fourth-order valence-electron chi connectivity index (χ4n) is 1.74. The Bertz CT molecular complexity index is 677. The molecule has 2 aromatic carbocycles.